The van der Waals surface area contributed by atoms with Crippen LogP contribution >= 0.6 is 7.82 Å². The molecule has 0 saturated heterocycles. The number of ether oxygens (including phenoxy) is 2. The van der Waals surface area contributed by atoms with Gasteiger partial charge in [-0.1, -0.05) is 60.7 Å². The minimum atomic E-state index is -4.85. The van der Waals surface area contributed by atoms with Crippen LogP contribution in [-0.4, -0.2) is 41.0 Å². The van der Waals surface area contributed by atoms with E-state index < -0.39 is 39.1 Å². The fraction of sp³-hybridized carbons (Fsp3) is 0.391. The number of carbonyl (C=O) groups excluding carboxylic acids is 2. The van der Waals surface area contributed by atoms with Gasteiger partial charge in [0.05, 0.1) is 0 Å². The van der Waals surface area contributed by atoms with Gasteiger partial charge in [0.1, 0.15) is 19.3 Å². The summed E-state index contributed by atoms with van der Waals surface area (Å²) in [5.41, 5.74) is 2.20. The molecule has 0 spiro atoms. The van der Waals surface area contributed by atoms with Crippen LogP contribution in [0, 0.1) is 0 Å². The zero-order valence-electron chi connectivity index (χ0n) is 17.8. The maximum Gasteiger partial charge on any atom is 0.470 e. The highest BCUT2D eigenvalue weighted by Gasteiger charge is 2.25. The van der Waals surface area contributed by atoms with E-state index in [2.05, 4.69) is 4.52 Å². The van der Waals surface area contributed by atoms with Crippen LogP contribution in [-0.2, 0) is 41.0 Å². The lowest BCUT2D eigenvalue weighted by Gasteiger charge is -2.18. The number of carbonyl (C=O) groups is 2. The van der Waals surface area contributed by atoms with Crippen molar-refractivity contribution < 1.29 is 37.9 Å². The number of phosphoric acid groups is 1. The van der Waals surface area contributed by atoms with E-state index in [4.69, 9.17) is 19.3 Å². The Hall–Kier alpha value is -2.51. The second-order valence-electron chi connectivity index (χ2n) is 7.26. The molecule has 0 atom stereocenters. The molecule has 9 heteroatoms. The van der Waals surface area contributed by atoms with Crippen molar-refractivity contribution >= 4 is 19.8 Å². The molecule has 2 rings (SSSR count). The number of esters is 2. The van der Waals surface area contributed by atoms with Crippen molar-refractivity contribution in [3.8, 4) is 0 Å². The van der Waals surface area contributed by atoms with Crippen LogP contribution in [0.4, 0.5) is 0 Å². The second kappa shape index (κ2) is 13.8. The number of hydrogen-bond acceptors (Lipinski definition) is 6. The zero-order valence-corrected chi connectivity index (χ0v) is 18.7. The van der Waals surface area contributed by atoms with E-state index in [1.165, 1.54) is 0 Å². The Labute approximate surface area is 187 Å². The Morgan fingerprint density at radius 2 is 1.16 bits per heavy atom. The molecule has 2 aromatic carbocycles. The number of phosphoric ester groups is 1. The predicted molar refractivity (Wildman–Crippen MR) is 118 cm³/mol. The van der Waals surface area contributed by atoms with E-state index in [1.807, 2.05) is 60.7 Å². The lowest BCUT2D eigenvalue weighted by molar-refractivity contribution is -0.152. The van der Waals surface area contributed by atoms with Gasteiger partial charge < -0.3 is 19.3 Å². The summed E-state index contributed by atoms with van der Waals surface area (Å²) in [6.45, 7) is -0.848. The highest BCUT2D eigenvalue weighted by molar-refractivity contribution is 7.46. The molecule has 0 aromatic heterocycles. The second-order valence-corrected chi connectivity index (χ2v) is 8.45. The van der Waals surface area contributed by atoms with Crippen molar-refractivity contribution in [2.75, 3.05) is 13.2 Å². The molecule has 32 heavy (non-hydrogen) atoms. The summed E-state index contributed by atoms with van der Waals surface area (Å²) in [7, 11) is -4.85. The summed E-state index contributed by atoms with van der Waals surface area (Å²) in [4.78, 5) is 42.0. The lowest BCUT2D eigenvalue weighted by Crippen LogP contribution is -2.27. The van der Waals surface area contributed by atoms with Crippen molar-refractivity contribution in [3.05, 3.63) is 71.8 Å². The number of benzene rings is 2. The van der Waals surface area contributed by atoms with Crippen LogP contribution in [0.15, 0.2) is 60.7 Å². The van der Waals surface area contributed by atoms with E-state index in [-0.39, 0.29) is 12.8 Å². The molecule has 0 aliphatic carbocycles. The van der Waals surface area contributed by atoms with Gasteiger partial charge in [0, 0.05) is 12.8 Å². The molecule has 0 aliphatic rings. The summed E-state index contributed by atoms with van der Waals surface area (Å²) in [6.07, 6.45) is 1.60. The van der Waals surface area contributed by atoms with Crippen LogP contribution in [0.2, 0.25) is 0 Å². The van der Waals surface area contributed by atoms with Crippen molar-refractivity contribution in [1.29, 1.82) is 0 Å². The lowest BCUT2D eigenvalue weighted by atomic mass is 10.1. The Balaban J connectivity index is 1.69. The fourth-order valence-corrected chi connectivity index (χ4v) is 3.49. The first-order valence-corrected chi connectivity index (χ1v) is 12.0. The minimum Gasteiger partial charge on any atom is -0.463 e. The third-order valence-corrected chi connectivity index (χ3v) is 5.10. The molecule has 2 N–H and O–H groups in total. The minimum absolute atomic E-state index is 0.150. The molecule has 0 radical (unpaired) electrons. The molecular formula is C23H29O8P. The van der Waals surface area contributed by atoms with Crippen molar-refractivity contribution in [2.24, 2.45) is 0 Å². The topological polar surface area (TPSA) is 119 Å². The largest absolute Gasteiger partial charge is 0.470 e. The summed E-state index contributed by atoms with van der Waals surface area (Å²) in [5.74, 6) is -1.04. The van der Waals surface area contributed by atoms with Gasteiger partial charge in [-0.2, -0.15) is 0 Å². The first-order chi connectivity index (χ1) is 15.3. The first kappa shape index (κ1) is 25.7. The van der Waals surface area contributed by atoms with E-state index >= 15 is 0 Å². The quantitative estimate of drug-likeness (QED) is 0.322. The molecule has 0 saturated carbocycles. The average molecular weight is 464 g/mol. The van der Waals surface area contributed by atoms with Gasteiger partial charge in [0.2, 0.25) is 0 Å². The monoisotopic (exact) mass is 464 g/mol. The maximum atomic E-state index is 11.9. The van der Waals surface area contributed by atoms with Crippen molar-refractivity contribution in [3.63, 3.8) is 0 Å². The van der Waals surface area contributed by atoms with Crippen molar-refractivity contribution in [1.82, 2.24) is 0 Å². The molecule has 0 fully saturated rings. The average Bonchev–Trinajstić information content (AvgIpc) is 2.76. The Bertz CT molecular complexity index is 805. The fourth-order valence-electron chi connectivity index (χ4n) is 2.98. The van der Waals surface area contributed by atoms with E-state index in [9.17, 15) is 14.2 Å². The highest BCUT2D eigenvalue weighted by Crippen LogP contribution is 2.37. The van der Waals surface area contributed by atoms with Crippen LogP contribution < -0.4 is 0 Å². The normalized spacial score (nSPS) is 11.3. The summed E-state index contributed by atoms with van der Waals surface area (Å²) in [5, 5.41) is 0. The van der Waals surface area contributed by atoms with Gasteiger partial charge >= 0.3 is 19.8 Å². The highest BCUT2D eigenvalue weighted by atomic mass is 31.2. The van der Waals surface area contributed by atoms with E-state index in [0.717, 1.165) is 11.1 Å². The standard InChI is InChI=1S/C23H29O8P/c24-22(15-7-13-19-9-3-1-4-10-19)29-17-21(31-32(26,27)28)18-30-23(25)16-8-14-20-11-5-2-6-12-20/h1-6,9-12,21H,7-8,13-18H2,(H2,26,27,28). The van der Waals surface area contributed by atoms with Gasteiger partial charge in [-0.25, -0.2) is 4.57 Å². The molecule has 8 nitrogen and oxygen atoms in total. The van der Waals surface area contributed by atoms with E-state index in [0.29, 0.717) is 25.7 Å². The third-order valence-electron chi connectivity index (χ3n) is 4.53. The summed E-state index contributed by atoms with van der Waals surface area (Å²) < 4.78 is 25.9. The maximum absolute atomic E-state index is 11.9. The van der Waals surface area contributed by atoms with Gasteiger partial charge in [0.25, 0.3) is 0 Å². The van der Waals surface area contributed by atoms with Gasteiger partial charge in [0.15, 0.2) is 0 Å². The Morgan fingerprint density at radius 3 is 1.53 bits per heavy atom. The molecule has 2 aromatic rings. The first-order valence-electron chi connectivity index (χ1n) is 10.4. The van der Waals surface area contributed by atoms with Crippen LogP contribution in [0.3, 0.4) is 0 Å². The third kappa shape index (κ3) is 11.8. The smallest absolute Gasteiger partial charge is 0.463 e. The SMILES string of the molecule is O=C(CCCc1ccccc1)OCC(COC(=O)CCCc1ccccc1)OP(=O)(O)O. The van der Waals surface area contributed by atoms with Gasteiger partial charge in [-0.3, -0.25) is 14.1 Å². The van der Waals surface area contributed by atoms with Gasteiger partial charge in [-0.15, -0.1) is 0 Å². The number of rotatable bonds is 14. The van der Waals surface area contributed by atoms with Crippen LogP contribution in [0.5, 0.6) is 0 Å². The van der Waals surface area contributed by atoms with E-state index in [1.54, 1.807) is 0 Å². The summed E-state index contributed by atoms with van der Waals surface area (Å²) in [6, 6.07) is 19.3. The molecular weight excluding hydrogens is 435 g/mol. The molecule has 0 unspecified atom stereocenters. The molecule has 0 bridgehead atoms. The van der Waals surface area contributed by atoms with Gasteiger partial charge in [-0.05, 0) is 36.8 Å². The molecule has 0 heterocycles. The predicted octanol–water partition coefficient (Wildman–Crippen LogP) is 3.60. The summed E-state index contributed by atoms with van der Waals surface area (Å²) >= 11 is 0. The Morgan fingerprint density at radius 1 is 0.750 bits per heavy atom. The zero-order chi connectivity index (χ0) is 23.2. The molecule has 174 valence electrons. The van der Waals surface area contributed by atoms with Crippen molar-refractivity contribution in [2.45, 2.75) is 44.6 Å². The van der Waals surface area contributed by atoms with Crippen LogP contribution in [0.1, 0.15) is 36.8 Å². The Kier molecular flexibility index (Phi) is 11.1. The number of aryl methyl sites for hydroxylation is 2. The molecule has 0 amide bonds. The molecule has 0 aliphatic heterocycles. The van der Waals surface area contributed by atoms with Crippen LogP contribution in [0.25, 0.3) is 0 Å². The number of hydrogen-bond donors (Lipinski definition) is 2.